The Kier molecular flexibility index (Phi) is 6.46. The molecule has 0 saturated carbocycles. The van der Waals surface area contributed by atoms with Gasteiger partial charge in [-0.15, -0.1) is 0 Å². The topological polar surface area (TPSA) is 47.7 Å². The van der Waals surface area contributed by atoms with Crippen LogP contribution in [0.5, 0.6) is 5.75 Å². The van der Waals surface area contributed by atoms with Gasteiger partial charge < -0.3 is 14.6 Å². The van der Waals surface area contributed by atoms with E-state index in [1.165, 1.54) is 11.1 Å². The highest BCUT2D eigenvalue weighted by Crippen LogP contribution is 2.40. The first-order valence-corrected chi connectivity index (χ1v) is 13.5. The third kappa shape index (κ3) is 4.37. The van der Waals surface area contributed by atoms with Crippen molar-refractivity contribution in [3.05, 3.63) is 101 Å². The summed E-state index contributed by atoms with van der Waals surface area (Å²) in [6.07, 6.45) is 5.20. The van der Waals surface area contributed by atoms with Gasteiger partial charge in [0.2, 0.25) is 0 Å². The first-order valence-electron chi connectivity index (χ1n) is 13.2. The predicted octanol–water partition coefficient (Wildman–Crippen LogP) is 8.02. The van der Waals surface area contributed by atoms with Crippen LogP contribution in [0.1, 0.15) is 41.4 Å². The van der Waals surface area contributed by atoms with Gasteiger partial charge in [0.25, 0.3) is 5.91 Å². The summed E-state index contributed by atoms with van der Waals surface area (Å²) in [5, 5.41) is 3.75. The van der Waals surface area contributed by atoms with E-state index in [2.05, 4.69) is 63.8 Å². The molecule has 0 saturated heterocycles. The second-order valence-corrected chi connectivity index (χ2v) is 10.2. The molecule has 6 heteroatoms. The number of rotatable bonds is 6. The van der Waals surface area contributed by atoms with Crippen LogP contribution >= 0.6 is 11.6 Å². The Labute approximate surface area is 227 Å². The van der Waals surface area contributed by atoms with E-state index in [0.717, 1.165) is 59.6 Å². The number of hydrogen-bond acceptors (Lipinski definition) is 2. The number of benzene rings is 3. The van der Waals surface area contributed by atoms with Crippen LogP contribution in [0.3, 0.4) is 0 Å². The summed E-state index contributed by atoms with van der Waals surface area (Å²) in [5.74, 6) is 0.676. The smallest absolute Gasteiger partial charge is 0.273 e. The van der Waals surface area contributed by atoms with Crippen LogP contribution in [0.25, 0.3) is 28.0 Å². The van der Waals surface area contributed by atoms with E-state index in [0.29, 0.717) is 23.0 Å². The second-order valence-electron chi connectivity index (χ2n) is 9.80. The van der Waals surface area contributed by atoms with Crippen molar-refractivity contribution >= 4 is 28.8 Å². The van der Waals surface area contributed by atoms with Gasteiger partial charge in [-0.25, -0.2) is 0 Å². The summed E-state index contributed by atoms with van der Waals surface area (Å²) in [7, 11) is 0. The van der Waals surface area contributed by atoms with Crippen molar-refractivity contribution in [2.75, 3.05) is 11.9 Å². The third-order valence-electron chi connectivity index (χ3n) is 7.25. The van der Waals surface area contributed by atoms with Crippen molar-refractivity contribution in [1.29, 1.82) is 0 Å². The van der Waals surface area contributed by atoms with Crippen molar-refractivity contribution in [3.63, 3.8) is 0 Å². The fraction of sp³-hybridized carbons (Fsp3) is 0.219. The van der Waals surface area contributed by atoms with Gasteiger partial charge in [0.15, 0.2) is 0 Å². The standard InChI is InChI=1S/C32H30ClN3O2/c1-3-38-26-17-11-23(12-18-26)29-27-6-4-5-19-35-28(22-9-7-21(2)8-10-22)20-36(32(27)35)30(29)31(37)34-25-15-13-24(33)14-16-25/h7-18,20H,3-6,19H2,1-2H3,(H,34,37). The minimum absolute atomic E-state index is 0.148. The summed E-state index contributed by atoms with van der Waals surface area (Å²) < 4.78 is 10.2. The van der Waals surface area contributed by atoms with Crippen LogP contribution in [0.4, 0.5) is 5.69 Å². The number of carbonyl (C=O) groups excluding carboxylic acids is 1. The fourth-order valence-electron chi connectivity index (χ4n) is 5.48. The number of hydrogen-bond donors (Lipinski definition) is 1. The number of nitrogens with one attached hydrogen (secondary N) is 1. The van der Waals surface area contributed by atoms with Gasteiger partial charge in [-0.2, -0.15) is 0 Å². The molecule has 5 aromatic rings. The molecule has 0 fully saturated rings. The third-order valence-corrected chi connectivity index (χ3v) is 7.50. The largest absolute Gasteiger partial charge is 0.494 e. The second kappa shape index (κ2) is 10.1. The average Bonchev–Trinajstić information content (AvgIpc) is 3.34. The first-order chi connectivity index (χ1) is 18.5. The minimum atomic E-state index is -0.148. The molecule has 3 heterocycles. The van der Waals surface area contributed by atoms with Crippen molar-refractivity contribution in [2.24, 2.45) is 0 Å². The SMILES string of the molecule is CCOc1ccc(-c2c3c4n(c(-c5ccc(C)cc5)cn4c2C(=O)Nc2ccc(Cl)cc2)CCCC3)cc1. The molecule has 0 bridgehead atoms. The first kappa shape index (κ1) is 24.4. The van der Waals surface area contributed by atoms with E-state index in [-0.39, 0.29) is 5.91 Å². The summed E-state index contributed by atoms with van der Waals surface area (Å²) >= 11 is 6.09. The zero-order chi connectivity index (χ0) is 26.2. The van der Waals surface area contributed by atoms with Gasteiger partial charge in [-0.3, -0.25) is 9.20 Å². The number of aromatic nitrogens is 2. The molecule has 0 aliphatic carbocycles. The lowest BCUT2D eigenvalue weighted by molar-refractivity contribution is 0.102. The van der Waals surface area contributed by atoms with Crippen LogP contribution in [-0.4, -0.2) is 21.5 Å². The van der Waals surface area contributed by atoms with E-state index in [4.69, 9.17) is 16.3 Å². The number of ether oxygens (including phenoxy) is 1. The predicted molar refractivity (Wildman–Crippen MR) is 155 cm³/mol. The van der Waals surface area contributed by atoms with Crippen LogP contribution in [0, 0.1) is 6.92 Å². The van der Waals surface area contributed by atoms with Gasteiger partial charge in [-0.05, 0) is 80.6 Å². The monoisotopic (exact) mass is 523 g/mol. The van der Waals surface area contributed by atoms with Gasteiger partial charge >= 0.3 is 0 Å². The van der Waals surface area contributed by atoms with Gasteiger partial charge in [0.1, 0.15) is 17.1 Å². The van der Waals surface area contributed by atoms with Crippen LogP contribution in [-0.2, 0) is 13.0 Å². The van der Waals surface area contributed by atoms with Gasteiger partial charge in [-0.1, -0.05) is 53.6 Å². The molecular formula is C32H30ClN3O2. The quantitative estimate of drug-likeness (QED) is 0.245. The maximum atomic E-state index is 14.0. The van der Waals surface area contributed by atoms with Crippen LogP contribution in [0.15, 0.2) is 79.0 Å². The summed E-state index contributed by atoms with van der Waals surface area (Å²) in [4.78, 5) is 14.0. The van der Waals surface area contributed by atoms with E-state index < -0.39 is 0 Å². The Morgan fingerprint density at radius 3 is 2.37 bits per heavy atom. The Balaban J connectivity index is 1.57. The highest BCUT2D eigenvalue weighted by atomic mass is 35.5. The number of halogens is 1. The molecule has 0 atom stereocenters. The molecule has 1 aliphatic rings. The average molecular weight is 524 g/mol. The summed E-state index contributed by atoms with van der Waals surface area (Å²) in [6, 6.07) is 23.9. The van der Waals surface area contributed by atoms with Crippen LogP contribution < -0.4 is 10.1 Å². The Hall–Kier alpha value is -3.96. The van der Waals surface area contributed by atoms with E-state index in [9.17, 15) is 4.79 Å². The minimum Gasteiger partial charge on any atom is -0.494 e. The summed E-state index contributed by atoms with van der Waals surface area (Å²) in [6.45, 7) is 5.60. The van der Waals surface area contributed by atoms with Crippen LogP contribution in [0.2, 0.25) is 5.02 Å². The lowest BCUT2D eigenvalue weighted by Crippen LogP contribution is -2.15. The fourth-order valence-corrected chi connectivity index (χ4v) is 5.61. The molecule has 1 aliphatic heterocycles. The molecule has 0 spiro atoms. The molecule has 1 N–H and O–H groups in total. The highest BCUT2D eigenvalue weighted by Gasteiger charge is 2.29. The highest BCUT2D eigenvalue weighted by molar-refractivity contribution is 6.30. The van der Waals surface area contributed by atoms with E-state index in [1.54, 1.807) is 12.1 Å². The van der Waals surface area contributed by atoms with Gasteiger partial charge in [0, 0.05) is 34.6 Å². The molecular weight excluding hydrogens is 494 g/mol. The number of aryl methyl sites for hydroxylation is 3. The van der Waals surface area contributed by atoms with Crippen molar-refractivity contribution < 1.29 is 9.53 Å². The number of nitrogens with zero attached hydrogens (tertiary/aromatic N) is 2. The molecule has 38 heavy (non-hydrogen) atoms. The Morgan fingerprint density at radius 2 is 1.66 bits per heavy atom. The lowest BCUT2D eigenvalue weighted by Gasteiger charge is -2.11. The molecule has 0 unspecified atom stereocenters. The van der Waals surface area contributed by atoms with E-state index >= 15 is 0 Å². The molecule has 2 aromatic heterocycles. The van der Waals surface area contributed by atoms with Crippen molar-refractivity contribution in [1.82, 2.24) is 8.97 Å². The number of anilines is 1. The number of amides is 1. The molecule has 6 rings (SSSR count). The maximum absolute atomic E-state index is 14.0. The molecule has 3 aromatic carbocycles. The molecule has 0 radical (unpaired) electrons. The number of imidazole rings is 1. The zero-order valence-corrected chi connectivity index (χ0v) is 22.4. The Bertz CT molecular complexity index is 1610. The normalized spacial score (nSPS) is 12.9. The van der Waals surface area contributed by atoms with E-state index in [1.807, 2.05) is 31.2 Å². The maximum Gasteiger partial charge on any atom is 0.273 e. The molecule has 192 valence electrons. The molecule has 1 amide bonds. The lowest BCUT2D eigenvalue weighted by atomic mass is 9.97. The van der Waals surface area contributed by atoms with Crippen molar-refractivity contribution in [3.8, 4) is 28.1 Å². The van der Waals surface area contributed by atoms with Gasteiger partial charge in [0.05, 0.1) is 12.3 Å². The molecule has 5 nitrogen and oxygen atoms in total. The zero-order valence-electron chi connectivity index (χ0n) is 21.6. The van der Waals surface area contributed by atoms with Crippen molar-refractivity contribution in [2.45, 2.75) is 39.7 Å². The number of carbonyl (C=O) groups is 1. The Morgan fingerprint density at radius 1 is 0.947 bits per heavy atom. The summed E-state index contributed by atoms with van der Waals surface area (Å²) in [5.41, 5.74) is 9.17.